The number of Topliss-reactive ketones (excluding diaryl/α,β-unsaturated/α-hetero) is 1. The highest BCUT2D eigenvalue weighted by Crippen LogP contribution is 2.61. The summed E-state index contributed by atoms with van der Waals surface area (Å²) in [7, 11) is -16.7. The fraction of sp³-hybridized carbons (Fsp3) is 0.679. The first-order valence-electron chi connectivity index (χ1n) is 16.7. The lowest BCUT2D eigenvalue weighted by molar-refractivity contribution is -0.145. The van der Waals surface area contributed by atoms with Crippen LogP contribution in [0.2, 0.25) is 0 Å². The number of phosphoric ester groups is 3. The van der Waals surface area contributed by atoms with E-state index >= 15 is 0 Å². The van der Waals surface area contributed by atoms with E-state index in [0.29, 0.717) is 17.9 Å². The smallest absolute Gasteiger partial charge is 0.386 e. The number of ether oxygens (including phenoxy) is 1. The summed E-state index contributed by atoms with van der Waals surface area (Å²) < 4.78 is 61.7. The lowest BCUT2D eigenvalue weighted by Gasteiger charge is -2.39. The molecule has 322 valence electrons. The second-order valence-corrected chi connectivity index (χ2v) is 18.2. The maximum Gasteiger partial charge on any atom is 0.481 e. The number of aliphatic imine (C=N–C) groups is 3. The van der Waals surface area contributed by atoms with Gasteiger partial charge in [-0.15, -0.1) is 0 Å². The first kappa shape index (κ1) is 48.8. The zero-order valence-corrected chi connectivity index (χ0v) is 34.5. The number of thiol groups is 1. The van der Waals surface area contributed by atoms with Crippen molar-refractivity contribution in [3.05, 3.63) is 11.6 Å². The van der Waals surface area contributed by atoms with E-state index < -0.39 is 115 Å². The number of rotatable bonds is 22. The van der Waals surface area contributed by atoms with E-state index in [1.54, 1.807) is 13.8 Å². The van der Waals surface area contributed by atoms with Crippen molar-refractivity contribution in [3.63, 3.8) is 0 Å². The Hall–Kier alpha value is -2.61. The Morgan fingerprint density at radius 2 is 1.77 bits per heavy atom. The van der Waals surface area contributed by atoms with Crippen molar-refractivity contribution >= 4 is 77.4 Å². The molecule has 10 N–H and O–H groups in total. The van der Waals surface area contributed by atoms with E-state index in [-0.39, 0.29) is 24.5 Å². The number of hydrogen-bond donors (Lipinski definition) is 10. The molecule has 0 spiro atoms. The quantitative estimate of drug-likeness (QED) is 0.0244. The maximum atomic E-state index is 13.8. The van der Waals surface area contributed by atoms with Crippen LogP contribution < -0.4 is 16.4 Å². The molecule has 0 radical (unpaired) electrons. The number of carbonyl (C=O) groups excluding carboxylic acids is 4. The number of allylic oxidation sites excluding steroid dienone is 2. The number of phosphoric acid groups is 3. The molecule has 1 saturated heterocycles. The number of aliphatic hydroxyl groups excluding tert-OH is 2. The minimum absolute atomic E-state index is 0.127. The van der Waals surface area contributed by atoms with Gasteiger partial charge in [-0.2, -0.15) is 16.9 Å². The van der Waals surface area contributed by atoms with Gasteiger partial charge in [-0.1, -0.05) is 19.4 Å². The van der Waals surface area contributed by atoms with Gasteiger partial charge in [0.05, 0.1) is 26.3 Å². The molecular formula is C28H46N7O18P3S. The predicted octanol–water partition coefficient (Wildman–Crippen LogP) is -1.96. The van der Waals surface area contributed by atoms with Gasteiger partial charge in [-0.3, -0.25) is 37.7 Å². The van der Waals surface area contributed by atoms with Crippen molar-refractivity contribution in [2.75, 3.05) is 38.7 Å². The molecule has 3 aliphatic heterocycles. The number of ketones is 2. The number of nitrogens with two attached hydrogens (primary N) is 1. The van der Waals surface area contributed by atoms with Gasteiger partial charge in [0.25, 0.3) is 0 Å². The molecule has 0 bridgehead atoms. The second kappa shape index (κ2) is 19.6. The predicted molar refractivity (Wildman–Crippen MR) is 200 cm³/mol. The van der Waals surface area contributed by atoms with Crippen LogP contribution in [-0.4, -0.2) is 151 Å². The summed E-state index contributed by atoms with van der Waals surface area (Å²) in [5, 5.41) is 26.6. The van der Waals surface area contributed by atoms with Crippen LogP contribution in [0.15, 0.2) is 26.6 Å². The fourth-order valence-electron chi connectivity index (χ4n) is 5.52. The maximum absolute atomic E-state index is 13.8. The Balaban J connectivity index is 1.72. The monoisotopic (exact) mass is 893 g/mol. The Kier molecular flexibility index (Phi) is 16.8. The molecular weight excluding hydrogens is 847 g/mol. The summed E-state index contributed by atoms with van der Waals surface area (Å²) >= 11 is 3.95. The summed E-state index contributed by atoms with van der Waals surface area (Å²) in [6.07, 6.45) is -8.60. The van der Waals surface area contributed by atoms with Crippen molar-refractivity contribution in [1.82, 2.24) is 15.5 Å². The standard InChI is InChI=1S/C28H46N7O18P3S/c1-15(2)9-16(36)10-18(37)28-22(24(29)32-13-34-28)33-14-35(28)26-20(39)21(52-54(42,43)44)17(51-26)11-49-55(45,46)53-56(47,48)50-12-27(3,4)23(40)25(41)31-6-5-19(38)30-7-8-57/h9,13,17,20-21,23,26,39-40,57H,5-8,10-12,14H2,1-4H3,(H,30,38)(H,31,41)(H,45,46)(H,47,48)(H2,29,32,34)(H2,42,43,44)/t17-,20-,21-,23+,26-,28?/m1/s1. The third-order valence-corrected chi connectivity index (χ3v) is 11.5. The lowest BCUT2D eigenvalue weighted by atomic mass is 9.87. The molecule has 3 rings (SSSR count). The summed E-state index contributed by atoms with van der Waals surface area (Å²) in [4.78, 5) is 103. The number of fused-ring (bicyclic) bond motifs is 1. The molecule has 0 aromatic heterocycles. The zero-order valence-electron chi connectivity index (χ0n) is 30.9. The van der Waals surface area contributed by atoms with Crippen LogP contribution in [0.25, 0.3) is 0 Å². The second-order valence-electron chi connectivity index (χ2n) is 13.5. The van der Waals surface area contributed by atoms with Crippen LogP contribution in [0.3, 0.4) is 0 Å². The van der Waals surface area contributed by atoms with Crippen LogP contribution in [0.4, 0.5) is 0 Å². The molecule has 8 atom stereocenters. The summed E-state index contributed by atoms with van der Waals surface area (Å²) in [5.41, 5.74) is 2.43. The van der Waals surface area contributed by atoms with Crippen LogP contribution in [0, 0.1) is 5.41 Å². The van der Waals surface area contributed by atoms with Crippen LogP contribution >= 0.6 is 36.1 Å². The number of nitrogens with one attached hydrogen (secondary N) is 2. The topological polar surface area (TPSA) is 377 Å². The molecule has 29 heteroatoms. The van der Waals surface area contributed by atoms with Gasteiger partial charge < -0.3 is 50.9 Å². The number of amidine groups is 1. The molecule has 3 aliphatic rings. The van der Waals surface area contributed by atoms with Gasteiger partial charge in [0.1, 0.15) is 42.7 Å². The Morgan fingerprint density at radius 3 is 2.39 bits per heavy atom. The van der Waals surface area contributed by atoms with E-state index in [4.69, 9.17) is 24.0 Å². The SMILES string of the molecule is CC(C)=CC(=O)CC(=O)C12N=CN=C(N)C1=NCN2[C@@H]1O[C@H](COP(=O)(O)OP(=O)(O)OCC(C)(C)[C@@H](O)C(=O)NCCC(=O)NCCS)[C@@H](OP(=O)(O)O)[C@H]1O. The number of aliphatic hydroxyl groups is 2. The molecule has 0 aromatic rings. The number of nitrogens with zero attached hydrogens (tertiary/aromatic N) is 4. The molecule has 2 amide bonds. The average Bonchev–Trinajstić information content (AvgIpc) is 3.62. The van der Waals surface area contributed by atoms with Crippen LogP contribution in [0.5, 0.6) is 0 Å². The van der Waals surface area contributed by atoms with Crippen molar-refractivity contribution in [1.29, 1.82) is 0 Å². The highest BCUT2D eigenvalue weighted by molar-refractivity contribution is 7.80. The van der Waals surface area contributed by atoms with Crippen LogP contribution in [-0.2, 0) is 55.5 Å². The Bertz CT molecular complexity index is 1820. The first-order chi connectivity index (χ1) is 26.2. The van der Waals surface area contributed by atoms with Crippen molar-refractivity contribution in [2.24, 2.45) is 26.1 Å². The number of hydrogen-bond acceptors (Lipinski definition) is 20. The van der Waals surface area contributed by atoms with Gasteiger partial charge in [0.2, 0.25) is 17.5 Å². The third kappa shape index (κ3) is 13.2. The highest BCUT2D eigenvalue weighted by Gasteiger charge is 2.61. The first-order valence-corrected chi connectivity index (χ1v) is 21.9. The largest absolute Gasteiger partial charge is 0.481 e. The Morgan fingerprint density at radius 1 is 1.12 bits per heavy atom. The van der Waals surface area contributed by atoms with Gasteiger partial charge in [-0.25, -0.2) is 28.6 Å². The highest BCUT2D eigenvalue weighted by atomic mass is 32.1. The van der Waals surface area contributed by atoms with Crippen molar-refractivity contribution < 1.29 is 85.3 Å². The van der Waals surface area contributed by atoms with Crippen molar-refractivity contribution in [2.45, 2.75) is 76.8 Å². The molecule has 0 aliphatic carbocycles. The van der Waals surface area contributed by atoms with E-state index in [1.165, 1.54) is 19.9 Å². The molecule has 3 heterocycles. The van der Waals surface area contributed by atoms with Crippen LogP contribution in [0.1, 0.15) is 40.5 Å². The normalized spacial score (nSPS) is 26.3. The summed E-state index contributed by atoms with van der Waals surface area (Å²) in [6, 6.07) is 0. The lowest BCUT2D eigenvalue weighted by Crippen LogP contribution is -2.64. The average molecular weight is 894 g/mol. The number of carbonyl (C=O) groups is 4. The summed E-state index contributed by atoms with van der Waals surface area (Å²) in [6.45, 7) is 3.15. The van der Waals surface area contributed by atoms with Crippen molar-refractivity contribution in [3.8, 4) is 0 Å². The molecule has 57 heavy (non-hydrogen) atoms. The molecule has 3 unspecified atom stereocenters. The van der Waals surface area contributed by atoms with E-state index in [0.717, 1.165) is 11.2 Å². The molecule has 1 fully saturated rings. The molecule has 25 nitrogen and oxygen atoms in total. The minimum Gasteiger partial charge on any atom is -0.386 e. The zero-order chi connectivity index (χ0) is 43.1. The van der Waals surface area contributed by atoms with Gasteiger partial charge in [0, 0.05) is 30.7 Å². The van der Waals surface area contributed by atoms with E-state index in [2.05, 4.69) is 42.6 Å². The minimum atomic E-state index is -5.68. The van der Waals surface area contributed by atoms with Gasteiger partial charge >= 0.3 is 23.5 Å². The number of amides is 2. The van der Waals surface area contributed by atoms with Gasteiger partial charge in [0.15, 0.2) is 17.4 Å². The van der Waals surface area contributed by atoms with Gasteiger partial charge in [-0.05, 0) is 19.9 Å². The Labute approximate surface area is 331 Å². The van der Waals surface area contributed by atoms with E-state index in [9.17, 15) is 62.7 Å². The fourth-order valence-corrected chi connectivity index (χ4v) is 8.46. The third-order valence-electron chi connectivity index (χ3n) is 8.14. The van der Waals surface area contributed by atoms with E-state index in [1.807, 2.05) is 0 Å². The molecule has 0 saturated carbocycles. The molecule has 0 aromatic carbocycles. The summed E-state index contributed by atoms with van der Waals surface area (Å²) in [5.74, 6) is -2.81.